The fourth-order valence-corrected chi connectivity index (χ4v) is 2.54. The van der Waals surface area contributed by atoms with Gasteiger partial charge in [-0.25, -0.2) is 18.1 Å². The third-order valence-electron chi connectivity index (χ3n) is 3.15. The zero-order valence-corrected chi connectivity index (χ0v) is 12.8. The second kappa shape index (κ2) is 6.45. The molecule has 0 amide bonds. The van der Waals surface area contributed by atoms with Gasteiger partial charge in [-0.05, 0) is 30.5 Å². The summed E-state index contributed by atoms with van der Waals surface area (Å²) >= 11 is 0. The summed E-state index contributed by atoms with van der Waals surface area (Å²) in [6.45, 7) is 7.17. The van der Waals surface area contributed by atoms with Gasteiger partial charge in [-0.3, -0.25) is 0 Å². The smallest absolute Gasteiger partial charge is 0.258 e. The van der Waals surface area contributed by atoms with Crippen LogP contribution in [0, 0.1) is 5.41 Å². The van der Waals surface area contributed by atoms with E-state index >= 15 is 0 Å². The van der Waals surface area contributed by atoms with E-state index in [4.69, 9.17) is 0 Å². The van der Waals surface area contributed by atoms with E-state index in [1.165, 1.54) is 6.07 Å². The van der Waals surface area contributed by atoms with E-state index in [1.807, 2.05) is 27.8 Å². The number of hydrogen-bond donors (Lipinski definition) is 2. The van der Waals surface area contributed by atoms with Gasteiger partial charge in [0.1, 0.15) is 0 Å². The van der Waals surface area contributed by atoms with Crippen LogP contribution >= 0.6 is 0 Å². The van der Waals surface area contributed by atoms with Crippen LogP contribution in [-0.4, -0.2) is 27.0 Å². The third-order valence-corrected chi connectivity index (χ3v) is 4.47. The van der Waals surface area contributed by atoms with Crippen molar-refractivity contribution in [2.45, 2.75) is 38.8 Å². The molecule has 0 saturated carbocycles. The normalized spacial score (nSPS) is 12.6. The molecule has 0 fully saturated rings. The third kappa shape index (κ3) is 4.89. The number of nitrogens with one attached hydrogen (secondary N) is 2. The van der Waals surface area contributed by atoms with Crippen LogP contribution in [0.25, 0.3) is 0 Å². The Balaban J connectivity index is 2.77. The number of sulfonamides is 1. The Morgan fingerprint density at radius 3 is 2.47 bits per heavy atom. The first-order valence-corrected chi connectivity index (χ1v) is 7.88. The van der Waals surface area contributed by atoms with Crippen molar-refractivity contribution in [2.75, 3.05) is 13.6 Å². The van der Waals surface area contributed by atoms with E-state index < -0.39 is 10.0 Å². The lowest BCUT2D eigenvalue weighted by atomic mass is 9.91. The maximum atomic E-state index is 12.1. The Bertz CT molecular complexity index is 495. The van der Waals surface area contributed by atoms with Crippen LogP contribution in [0.1, 0.15) is 32.8 Å². The van der Waals surface area contributed by atoms with Gasteiger partial charge in [-0.2, -0.15) is 0 Å². The summed E-state index contributed by atoms with van der Waals surface area (Å²) in [5.74, 6) is 0. The molecule has 1 aromatic rings. The molecule has 1 aromatic heterocycles. The van der Waals surface area contributed by atoms with Gasteiger partial charge in [0.15, 0.2) is 5.03 Å². The maximum Gasteiger partial charge on any atom is 0.258 e. The first-order valence-electron chi connectivity index (χ1n) is 6.40. The molecule has 5 nitrogen and oxygen atoms in total. The van der Waals surface area contributed by atoms with Crippen molar-refractivity contribution in [1.82, 2.24) is 15.0 Å². The molecule has 108 valence electrons. The predicted octanol–water partition coefficient (Wildman–Crippen LogP) is 1.52. The molecule has 0 atom stereocenters. The zero-order chi connectivity index (χ0) is 14.5. The molecule has 0 saturated heterocycles. The summed E-state index contributed by atoms with van der Waals surface area (Å²) in [6.07, 6.45) is 2.49. The average Bonchev–Trinajstić information content (AvgIpc) is 2.38. The molecule has 6 heteroatoms. The van der Waals surface area contributed by atoms with E-state index in [9.17, 15) is 8.42 Å². The van der Waals surface area contributed by atoms with Crippen molar-refractivity contribution in [1.29, 1.82) is 0 Å². The average molecular weight is 285 g/mol. The lowest BCUT2D eigenvalue weighted by molar-refractivity contribution is 0.350. The fraction of sp³-hybridized carbons (Fsp3) is 0.615. The van der Waals surface area contributed by atoms with E-state index in [0.717, 1.165) is 12.0 Å². The highest BCUT2D eigenvalue weighted by Crippen LogP contribution is 2.19. The van der Waals surface area contributed by atoms with Crippen molar-refractivity contribution in [3.05, 3.63) is 23.9 Å². The second-order valence-electron chi connectivity index (χ2n) is 5.38. The fourth-order valence-electron chi connectivity index (χ4n) is 1.37. The van der Waals surface area contributed by atoms with E-state index in [-0.39, 0.29) is 10.4 Å². The molecule has 0 bridgehead atoms. The molecule has 0 aliphatic heterocycles. The quantitative estimate of drug-likeness (QED) is 0.797. The van der Waals surface area contributed by atoms with Crippen molar-refractivity contribution in [3.63, 3.8) is 0 Å². The summed E-state index contributed by atoms with van der Waals surface area (Å²) in [4.78, 5) is 4.01. The summed E-state index contributed by atoms with van der Waals surface area (Å²) < 4.78 is 26.8. The molecule has 19 heavy (non-hydrogen) atoms. The predicted molar refractivity (Wildman–Crippen MR) is 76.3 cm³/mol. The number of rotatable bonds is 7. The highest BCUT2D eigenvalue weighted by Gasteiger charge is 2.21. The van der Waals surface area contributed by atoms with Crippen LogP contribution in [-0.2, 0) is 16.6 Å². The number of nitrogens with zero attached hydrogens (tertiary/aromatic N) is 1. The van der Waals surface area contributed by atoms with Crippen molar-refractivity contribution in [3.8, 4) is 0 Å². The Labute approximate surface area is 115 Å². The first kappa shape index (κ1) is 16.1. The standard InChI is InChI=1S/C13H23N3O2S/c1-5-13(2,3)10-16-19(17,18)12-7-6-11(8-14-4)9-15-12/h6-7,9,14,16H,5,8,10H2,1-4H3. The molecule has 1 heterocycles. The van der Waals surface area contributed by atoms with Crippen LogP contribution in [0.4, 0.5) is 0 Å². The van der Waals surface area contributed by atoms with Gasteiger partial charge in [0, 0.05) is 19.3 Å². The Kier molecular flexibility index (Phi) is 5.46. The SMILES string of the molecule is CCC(C)(C)CNS(=O)(=O)c1ccc(CNC)cn1. The van der Waals surface area contributed by atoms with Gasteiger partial charge in [0.05, 0.1) is 0 Å². The van der Waals surface area contributed by atoms with Gasteiger partial charge in [0.25, 0.3) is 10.0 Å². The molecular formula is C13H23N3O2S. The highest BCUT2D eigenvalue weighted by molar-refractivity contribution is 7.89. The van der Waals surface area contributed by atoms with Crippen LogP contribution in [0.2, 0.25) is 0 Å². The number of hydrogen-bond acceptors (Lipinski definition) is 4. The minimum Gasteiger partial charge on any atom is -0.316 e. The molecule has 0 aliphatic carbocycles. The van der Waals surface area contributed by atoms with Gasteiger partial charge in [-0.15, -0.1) is 0 Å². The molecule has 0 radical (unpaired) electrons. The van der Waals surface area contributed by atoms with Crippen LogP contribution in [0.3, 0.4) is 0 Å². The van der Waals surface area contributed by atoms with Crippen LogP contribution in [0.15, 0.2) is 23.4 Å². The summed E-state index contributed by atoms with van der Waals surface area (Å²) in [7, 11) is -1.68. The Hall–Kier alpha value is -0.980. The second-order valence-corrected chi connectivity index (χ2v) is 7.09. The lowest BCUT2D eigenvalue weighted by Crippen LogP contribution is -2.34. The Morgan fingerprint density at radius 1 is 1.32 bits per heavy atom. The van der Waals surface area contributed by atoms with Gasteiger partial charge < -0.3 is 5.32 Å². The Morgan fingerprint density at radius 2 is 2.00 bits per heavy atom. The zero-order valence-electron chi connectivity index (χ0n) is 12.0. The van der Waals surface area contributed by atoms with Crippen LogP contribution < -0.4 is 10.0 Å². The number of aromatic nitrogens is 1. The molecule has 2 N–H and O–H groups in total. The molecule has 0 unspecified atom stereocenters. The molecule has 0 aliphatic rings. The van der Waals surface area contributed by atoms with Crippen LogP contribution in [0.5, 0.6) is 0 Å². The maximum absolute atomic E-state index is 12.1. The molecule has 0 spiro atoms. The van der Waals surface area contributed by atoms with E-state index in [0.29, 0.717) is 13.1 Å². The van der Waals surface area contributed by atoms with Crippen molar-refractivity contribution >= 4 is 10.0 Å². The largest absolute Gasteiger partial charge is 0.316 e. The van der Waals surface area contributed by atoms with Gasteiger partial charge >= 0.3 is 0 Å². The minimum absolute atomic E-state index is 0.0564. The first-order chi connectivity index (χ1) is 8.80. The number of pyridine rings is 1. The summed E-state index contributed by atoms with van der Waals surface area (Å²) in [5.41, 5.74) is 0.898. The molecule has 0 aromatic carbocycles. The van der Waals surface area contributed by atoms with E-state index in [1.54, 1.807) is 12.3 Å². The van der Waals surface area contributed by atoms with Gasteiger partial charge in [-0.1, -0.05) is 26.8 Å². The highest BCUT2D eigenvalue weighted by atomic mass is 32.2. The molecule has 1 rings (SSSR count). The summed E-state index contributed by atoms with van der Waals surface area (Å²) in [5, 5.41) is 3.06. The van der Waals surface area contributed by atoms with Gasteiger partial charge in [0.2, 0.25) is 0 Å². The molecular weight excluding hydrogens is 262 g/mol. The lowest BCUT2D eigenvalue weighted by Gasteiger charge is -2.22. The van der Waals surface area contributed by atoms with Crippen molar-refractivity contribution < 1.29 is 8.42 Å². The van der Waals surface area contributed by atoms with Crippen molar-refractivity contribution in [2.24, 2.45) is 5.41 Å². The minimum atomic E-state index is -3.52. The monoisotopic (exact) mass is 285 g/mol. The summed E-state index contributed by atoms with van der Waals surface area (Å²) in [6, 6.07) is 3.30. The van der Waals surface area contributed by atoms with E-state index in [2.05, 4.69) is 15.0 Å². The topological polar surface area (TPSA) is 71.1 Å².